The molecule has 8 nitrogen and oxygen atoms in total. The molecule has 148 valence electrons. The molecule has 0 radical (unpaired) electrons. The van der Waals surface area contributed by atoms with Gasteiger partial charge in [-0.05, 0) is 60.2 Å². The second-order valence-electron chi connectivity index (χ2n) is 6.47. The van der Waals surface area contributed by atoms with E-state index >= 15 is 0 Å². The van der Waals surface area contributed by atoms with Gasteiger partial charge in [-0.15, -0.1) is 5.10 Å². The van der Waals surface area contributed by atoms with Crippen LogP contribution in [0.15, 0.2) is 85.5 Å². The van der Waals surface area contributed by atoms with E-state index in [4.69, 9.17) is 0 Å². The van der Waals surface area contributed by atoms with Crippen LogP contribution in [-0.2, 0) is 6.54 Å². The van der Waals surface area contributed by atoms with Gasteiger partial charge in [-0.3, -0.25) is 14.6 Å². The number of hydrogen-bond donors (Lipinski definition) is 2. The van der Waals surface area contributed by atoms with Gasteiger partial charge >= 0.3 is 0 Å². The Morgan fingerprint density at radius 2 is 1.67 bits per heavy atom. The van der Waals surface area contributed by atoms with Gasteiger partial charge in [0.05, 0.1) is 18.1 Å². The predicted molar refractivity (Wildman–Crippen MR) is 111 cm³/mol. The molecule has 0 aliphatic rings. The van der Waals surface area contributed by atoms with Gasteiger partial charge in [0, 0.05) is 35.8 Å². The summed E-state index contributed by atoms with van der Waals surface area (Å²) < 4.78 is 1.58. The molecule has 30 heavy (non-hydrogen) atoms. The van der Waals surface area contributed by atoms with Crippen LogP contribution in [0.2, 0.25) is 0 Å². The van der Waals surface area contributed by atoms with E-state index in [1.165, 1.54) is 0 Å². The number of nitrogens with zero attached hydrogens (tertiary/aromatic N) is 4. The molecule has 0 saturated carbocycles. The first-order chi connectivity index (χ1) is 14.7. The van der Waals surface area contributed by atoms with Crippen molar-refractivity contribution in [2.24, 2.45) is 0 Å². The number of hydrogen-bond acceptors (Lipinski definition) is 5. The molecule has 0 atom stereocenters. The Morgan fingerprint density at radius 3 is 2.40 bits per heavy atom. The molecule has 0 saturated heterocycles. The molecule has 4 aromatic rings. The molecule has 0 bridgehead atoms. The second kappa shape index (κ2) is 8.78. The lowest BCUT2D eigenvalue weighted by Crippen LogP contribution is -2.22. The lowest BCUT2D eigenvalue weighted by atomic mass is 10.1. The zero-order valence-electron chi connectivity index (χ0n) is 15.9. The Balaban J connectivity index is 1.38. The third-order valence-corrected chi connectivity index (χ3v) is 4.40. The normalized spacial score (nSPS) is 10.4. The van der Waals surface area contributed by atoms with Gasteiger partial charge in [-0.1, -0.05) is 11.3 Å². The summed E-state index contributed by atoms with van der Waals surface area (Å²) in [5.74, 6) is -0.447. The molecule has 8 heteroatoms. The number of carbonyl (C=O) groups is 2. The van der Waals surface area contributed by atoms with Crippen molar-refractivity contribution in [2.45, 2.75) is 6.54 Å². The van der Waals surface area contributed by atoms with Gasteiger partial charge in [-0.2, -0.15) is 0 Å². The van der Waals surface area contributed by atoms with Crippen molar-refractivity contribution < 1.29 is 9.59 Å². The molecule has 0 fully saturated rings. The van der Waals surface area contributed by atoms with E-state index in [9.17, 15) is 9.59 Å². The Hall–Kier alpha value is -4.33. The summed E-state index contributed by atoms with van der Waals surface area (Å²) in [5.41, 5.74) is 3.30. The van der Waals surface area contributed by atoms with Crippen molar-refractivity contribution >= 4 is 17.5 Å². The van der Waals surface area contributed by atoms with E-state index in [0.717, 1.165) is 11.3 Å². The van der Waals surface area contributed by atoms with Crippen molar-refractivity contribution in [2.75, 3.05) is 5.32 Å². The van der Waals surface area contributed by atoms with Crippen molar-refractivity contribution in [3.63, 3.8) is 0 Å². The molecule has 0 unspecified atom stereocenters. The van der Waals surface area contributed by atoms with E-state index in [2.05, 4.69) is 25.9 Å². The van der Waals surface area contributed by atoms with E-state index in [1.807, 2.05) is 18.2 Å². The Labute approximate surface area is 172 Å². The highest BCUT2D eigenvalue weighted by Crippen LogP contribution is 2.14. The molecule has 2 amide bonds. The number of carbonyl (C=O) groups excluding carboxylic acids is 2. The zero-order chi connectivity index (χ0) is 20.8. The quantitative estimate of drug-likeness (QED) is 0.520. The van der Waals surface area contributed by atoms with Gasteiger partial charge in [0.25, 0.3) is 11.8 Å². The van der Waals surface area contributed by atoms with E-state index in [0.29, 0.717) is 23.4 Å². The van der Waals surface area contributed by atoms with Crippen LogP contribution in [0.4, 0.5) is 5.69 Å². The molecular weight excluding hydrogens is 380 g/mol. The minimum atomic E-state index is -0.258. The monoisotopic (exact) mass is 398 g/mol. The Morgan fingerprint density at radius 1 is 0.867 bits per heavy atom. The summed E-state index contributed by atoms with van der Waals surface area (Å²) >= 11 is 0. The van der Waals surface area contributed by atoms with Crippen LogP contribution in [0.5, 0.6) is 0 Å². The SMILES string of the molecule is O=C(NCc1ccncc1)c1ccc(NC(=O)c2cccc(-n3ccnn3)c2)cc1. The molecule has 0 aliphatic heterocycles. The summed E-state index contributed by atoms with van der Waals surface area (Å²) in [6.07, 6.45) is 6.64. The van der Waals surface area contributed by atoms with Gasteiger partial charge in [0.15, 0.2) is 0 Å². The first-order valence-electron chi connectivity index (χ1n) is 9.24. The van der Waals surface area contributed by atoms with E-state index in [-0.39, 0.29) is 11.8 Å². The zero-order valence-corrected chi connectivity index (χ0v) is 15.9. The van der Waals surface area contributed by atoms with Crippen LogP contribution < -0.4 is 10.6 Å². The standard InChI is InChI=1S/C22H18N6O2/c29-21(24-15-16-8-10-23-11-9-16)17-4-6-19(7-5-17)26-22(30)18-2-1-3-20(14-18)28-13-12-25-27-28/h1-14H,15H2,(H,24,29)(H,26,30). The molecule has 0 aliphatic carbocycles. The number of aromatic nitrogens is 4. The number of benzene rings is 2. The van der Waals surface area contributed by atoms with Crippen LogP contribution in [-0.4, -0.2) is 31.8 Å². The molecule has 0 spiro atoms. The highest BCUT2D eigenvalue weighted by atomic mass is 16.2. The third kappa shape index (κ3) is 4.56. The molecular formula is C22H18N6O2. The summed E-state index contributed by atoms with van der Waals surface area (Å²) in [4.78, 5) is 28.8. The fourth-order valence-corrected chi connectivity index (χ4v) is 2.83. The fourth-order valence-electron chi connectivity index (χ4n) is 2.83. The van der Waals surface area contributed by atoms with Crippen LogP contribution in [0, 0.1) is 0 Å². The third-order valence-electron chi connectivity index (χ3n) is 4.40. The average Bonchev–Trinajstić information content (AvgIpc) is 3.34. The van der Waals surface area contributed by atoms with Crippen molar-refractivity contribution in [1.29, 1.82) is 0 Å². The second-order valence-corrected chi connectivity index (χ2v) is 6.47. The maximum Gasteiger partial charge on any atom is 0.255 e. The number of anilines is 1. The van der Waals surface area contributed by atoms with E-state index < -0.39 is 0 Å². The minimum Gasteiger partial charge on any atom is -0.348 e. The molecule has 2 aromatic heterocycles. The lowest BCUT2D eigenvalue weighted by molar-refractivity contribution is 0.0950. The number of rotatable bonds is 6. The average molecular weight is 398 g/mol. The molecule has 2 heterocycles. The summed E-state index contributed by atoms with van der Waals surface area (Å²) in [7, 11) is 0. The van der Waals surface area contributed by atoms with Crippen molar-refractivity contribution in [3.05, 3.63) is 102 Å². The topological polar surface area (TPSA) is 102 Å². The predicted octanol–water partition coefficient (Wildman–Crippen LogP) is 2.84. The maximum atomic E-state index is 12.6. The van der Waals surface area contributed by atoms with E-state index in [1.54, 1.807) is 71.9 Å². The number of nitrogens with one attached hydrogen (secondary N) is 2. The van der Waals surface area contributed by atoms with Gasteiger partial charge in [0.2, 0.25) is 0 Å². The van der Waals surface area contributed by atoms with Crippen LogP contribution in [0.1, 0.15) is 26.3 Å². The van der Waals surface area contributed by atoms with Crippen LogP contribution in [0.25, 0.3) is 5.69 Å². The lowest BCUT2D eigenvalue weighted by Gasteiger charge is -2.09. The molecule has 4 rings (SSSR count). The minimum absolute atomic E-state index is 0.190. The van der Waals surface area contributed by atoms with Crippen LogP contribution in [0.3, 0.4) is 0 Å². The highest BCUT2D eigenvalue weighted by molar-refractivity contribution is 6.05. The van der Waals surface area contributed by atoms with Crippen LogP contribution >= 0.6 is 0 Å². The van der Waals surface area contributed by atoms with Crippen molar-refractivity contribution in [1.82, 2.24) is 25.3 Å². The van der Waals surface area contributed by atoms with Crippen molar-refractivity contribution in [3.8, 4) is 5.69 Å². The largest absolute Gasteiger partial charge is 0.348 e. The number of amides is 2. The van der Waals surface area contributed by atoms with Gasteiger partial charge < -0.3 is 10.6 Å². The highest BCUT2D eigenvalue weighted by Gasteiger charge is 2.10. The smallest absolute Gasteiger partial charge is 0.255 e. The molecule has 2 N–H and O–H groups in total. The number of pyridine rings is 1. The molecule has 2 aromatic carbocycles. The first kappa shape index (κ1) is 19.0. The van der Waals surface area contributed by atoms with Gasteiger partial charge in [-0.25, -0.2) is 4.68 Å². The maximum absolute atomic E-state index is 12.6. The van der Waals surface area contributed by atoms with Gasteiger partial charge in [0.1, 0.15) is 0 Å². The Bertz CT molecular complexity index is 1140. The first-order valence-corrected chi connectivity index (χ1v) is 9.24. The Kier molecular flexibility index (Phi) is 5.56. The summed E-state index contributed by atoms with van der Waals surface area (Å²) in [6, 6.07) is 17.5. The summed E-state index contributed by atoms with van der Waals surface area (Å²) in [5, 5.41) is 13.4. The summed E-state index contributed by atoms with van der Waals surface area (Å²) in [6.45, 7) is 0.419. The fraction of sp³-hybridized carbons (Fsp3) is 0.0455.